The largest absolute Gasteiger partial charge is 0.497 e. The molecule has 0 aliphatic carbocycles. The average molecular weight is 448 g/mol. The molecule has 0 aromatic heterocycles. The van der Waals surface area contributed by atoms with E-state index in [1.807, 2.05) is 6.07 Å². The van der Waals surface area contributed by atoms with E-state index in [2.05, 4.69) is 53.3 Å². The molecule has 1 aromatic rings. The molecule has 0 saturated carbocycles. The number of guanidine groups is 1. The summed E-state index contributed by atoms with van der Waals surface area (Å²) in [6, 6.07) is 6.81. The van der Waals surface area contributed by atoms with Crippen molar-refractivity contribution in [2.75, 3.05) is 71.6 Å². The van der Waals surface area contributed by atoms with Gasteiger partial charge in [-0.3, -0.25) is 9.89 Å². The Hall–Kier alpha value is -2.19. The van der Waals surface area contributed by atoms with Crippen molar-refractivity contribution in [3.05, 3.63) is 18.2 Å². The van der Waals surface area contributed by atoms with Gasteiger partial charge in [-0.25, -0.2) is 0 Å². The Balaban J connectivity index is 1.62. The van der Waals surface area contributed by atoms with Gasteiger partial charge in [0.25, 0.3) is 0 Å². The minimum absolute atomic E-state index is 0.339. The van der Waals surface area contributed by atoms with Gasteiger partial charge >= 0.3 is 0 Å². The fourth-order valence-electron chi connectivity index (χ4n) is 4.44. The van der Waals surface area contributed by atoms with Gasteiger partial charge < -0.3 is 29.7 Å². The van der Waals surface area contributed by atoms with Gasteiger partial charge in [0.1, 0.15) is 11.5 Å². The lowest BCUT2D eigenvalue weighted by molar-refractivity contribution is 0.00867. The molecule has 0 amide bonds. The maximum atomic E-state index is 5.54. The first-order valence-corrected chi connectivity index (χ1v) is 11.9. The third-order valence-corrected chi connectivity index (χ3v) is 6.30. The second-order valence-electron chi connectivity index (χ2n) is 8.83. The normalized spacial score (nSPS) is 21.0. The standard InChI is InChI=1S/C24H41N5O3/c1-6-25-24(26-16-23(18(2)3)28-9-11-32-12-10-28)27-19-7-8-29(17-19)20-13-21(30-4)15-22(14-20)31-5/h13-15,18-19,23H,6-12,16-17H2,1-5H3,(H2,25,26,27). The number of aliphatic imine (C=N–C) groups is 1. The zero-order valence-corrected chi connectivity index (χ0v) is 20.4. The molecule has 8 heteroatoms. The van der Waals surface area contributed by atoms with Crippen molar-refractivity contribution >= 4 is 11.6 Å². The van der Waals surface area contributed by atoms with Crippen LogP contribution in [0.4, 0.5) is 5.69 Å². The molecule has 180 valence electrons. The summed E-state index contributed by atoms with van der Waals surface area (Å²) in [5.41, 5.74) is 1.12. The Labute approximate surface area is 193 Å². The second-order valence-corrected chi connectivity index (χ2v) is 8.83. The Morgan fingerprint density at radius 3 is 2.41 bits per heavy atom. The van der Waals surface area contributed by atoms with Crippen molar-refractivity contribution < 1.29 is 14.2 Å². The van der Waals surface area contributed by atoms with E-state index in [-0.39, 0.29) is 0 Å². The monoisotopic (exact) mass is 447 g/mol. The number of nitrogens with one attached hydrogen (secondary N) is 2. The number of methoxy groups -OCH3 is 2. The highest BCUT2D eigenvalue weighted by molar-refractivity contribution is 5.80. The molecule has 2 heterocycles. The molecule has 0 spiro atoms. The van der Waals surface area contributed by atoms with Crippen LogP contribution in [0.25, 0.3) is 0 Å². The third-order valence-electron chi connectivity index (χ3n) is 6.30. The highest BCUT2D eigenvalue weighted by Gasteiger charge is 2.26. The predicted molar refractivity (Wildman–Crippen MR) is 130 cm³/mol. The lowest BCUT2D eigenvalue weighted by Gasteiger charge is -2.36. The molecular formula is C24H41N5O3. The molecule has 1 aromatic carbocycles. The van der Waals surface area contributed by atoms with Crippen LogP contribution >= 0.6 is 0 Å². The van der Waals surface area contributed by atoms with Gasteiger partial charge in [0, 0.05) is 68.7 Å². The van der Waals surface area contributed by atoms with E-state index in [9.17, 15) is 0 Å². The molecule has 2 aliphatic heterocycles. The van der Waals surface area contributed by atoms with Gasteiger partial charge in [-0.05, 0) is 19.3 Å². The summed E-state index contributed by atoms with van der Waals surface area (Å²) < 4.78 is 16.4. The Morgan fingerprint density at radius 2 is 1.81 bits per heavy atom. The second kappa shape index (κ2) is 12.2. The number of benzene rings is 1. The van der Waals surface area contributed by atoms with Gasteiger partial charge in [0.05, 0.1) is 34.0 Å². The first-order chi connectivity index (χ1) is 15.5. The minimum Gasteiger partial charge on any atom is -0.497 e. The first-order valence-electron chi connectivity index (χ1n) is 11.9. The topological polar surface area (TPSA) is 70.6 Å². The number of rotatable bonds is 9. The van der Waals surface area contributed by atoms with Gasteiger partial charge in [0.2, 0.25) is 0 Å². The van der Waals surface area contributed by atoms with Crippen LogP contribution in [0.2, 0.25) is 0 Å². The first kappa shape index (κ1) is 24.5. The van der Waals surface area contributed by atoms with Gasteiger partial charge in [-0.2, -0.15) is 0 Å². The molecule has 0 radical (unpaired) electrons. The van der Waals surface area contributed by atoms with Gasteiger partial charge in [-0.15, -0.1) is 0 Å². The SMILES string of the molecule is CCNC(=NCC(C(C)C)N1CCOCC1)NC1CCN(c2cc(OC)cc(OC)c2)C1. The highest BCUT2D eigenvalue weighted by Crippen LogP contribution is 2.30. The zero-order chi connectivity index (χ0) is 22.9. The predicted octanol–water partition coefficient (Wildman–Crippen LogP) is 2.19. The summed E-state index contributed by atoms with van der Waals surface area (Å²) in [6.07, 6.45) is 1.06. The maximum Gasteiger partial charge on any atom is 0.191 e. The summed E-state index contributed by atoms with van der Waals surface area (Å²) in [6.45, 7) is 13.8. The smallest absolute Gasteiger partial charge is 0.191 e. The molecule has 2 unspecified atom stereocenters. The Morgan fingerprint density at radius 1 is 1.12 bits per heavy atom. The summed E-state index contributed by atoms with van der Waals surface area (Å²) in [4.78, 5) is 9.87. The van der Waals surface area contributed by atoms with Crippen molar-refractivity contribution in [2.45, 2.75) is 39.3 Å². The molecule has 2 saturated heterocycles. The van der Waals surface area contributed by atoms with E-state index >= 15 is 0 Å². The lowest BCUT2D eigenvalue weighted by atomic mass is 10.0. The van der Waals surface area contributed by atoms with Gasteiger partial charge in [0.15, 0.2) is 5.96 Å². The van der Waals surface area contributed by atoms with Crippen LogP contribution < -0.4 is 25.0 Å². The molecule has 2 N–H and O–H groups in total. The quantitative estimate of drug-likeness (QED) is 0.444. The van der Waals surface area contributed by atoms with Crippen LogP contribution in [0, 0.1) is 5.92 Å². The minimum atomic E-state index is 0.339. The van der Waals surface area contributed by atoms with Crippen LogP contribution in [-0.4, -0.2) is 89.6 Å². The summed E-state index contributed by atoms with van der Waals surface area (Å²) in [5.74, 6) is 3.08. The van der Waals surface area contributed by atoms with Crippen LogP contribution in [-0.2, 0) is 4.74 Å². The summed E-state index contributed by atoms with van der Waals surface area (Å²) in [7, 11) is 3.38. The van der Waals surface area contributed by atoms with Crippen LogP contribution in [0.5, 0.6) is 11.5 Å². The van der Waals surface area contributed by atoms with Crippen molar-refractivity contribution in [1.82, 2.24) is 15.5 Å². The van der Waals surface area contributed by atoms with Crippen molar-refractivity contribution in [1.29, 1.82) is 0 Å². The average Bonchev–Trinajstić information content (AvgIpc) is 3.28. The lowest BCUT2D eigenvalue weighted by Crippen LogP contribution is -2.49. The van der Waals surface area contributed by atoms with Crippen LogP contribution in [0.15, 0.2) is 23.2 Å². The number of nitrogens with zero attached hydrogens (tertiary/aromatic N) is 3. The van der Waals surface area contributed by atoms with E-state index in [0.29, 0.717) is 18.0 Å². The molecular weight excluding hydrogens is 406 g/mol. The number of hydrogen-bond donors (Lipinski definition) is 2. The Bertz CT molecular complexity index is 714. The van der Waals surface area contributed by atoms with E-state index in [1.54, 1.807) is 14.2 Å². The summed E-state index contributed by atoms with van der Waals surface area (Å²) in [5, 5.41) is 7.10. The number of hydrogen-bond acceptors (Lipinski definition) is 6. The third kappa shape index (κ3) is 6.65. The molecule has 2 atom stereocenters. The molecule has 2 aliphatic rings. The van der Waals surface area contributed by atoms with E-state index < -0.39 is 0 Å². The number of ether oxygens (including phenoxy) is 3. The molecule has 32 heavy (non-hydrogen) atoms. The molecule has 2 fully saturated rings. The highest BCUT2D eigenvalue weighted by atomic mass is 16.5. The van der Waals surface area contributed by atoms with Crippen molar-refractivity contribution in [3.63, 3.8) is 0 Å². The fraction of sp³-hybridized carbons (Fsp3) is 0.708. The zero-order valence-electron chi connectivity index (χ0n) is 20.4. The van der Waals surface area contributed by atoms with E-state index in [4.69, 9.17) is 19.2 Å². The van der Waals surface area contributed by atoms with Crippen molar-refractivity contribution in [2.24, 2.45) is 10.9 Å². The molecule has 8 nitrogen and oxygen atoms in total. The van der Waals surface area contributed by atoms with Crippen LogP contribution in [0.3, 0.4) is 0 Å². The number of anilines is 1. The van der Waals surface area contributed by atoms with Crippen molar-refractivity contribution in [3.8, 4) is 11.5 Å². The fourth-order valence-corrected chi connectivity index (χ4v) is 4.44. The number of morpholine rings is 1. The Kier molecular flexibility index (Phi) is 9.29. The maximum absolute atomic E-state index is 5.54. The summed E-state index contributed by atoms with van der Waals surface area (Å²) >= 11 is 0. The van der Waals surface area contributed by atoms with Crippen LogP contribution in [0.1, 0.15) is 27.2 Å². The van der Waals surface area contributed by atoms with E-state index in [0.717, 1.165) is 82.0 Å². The van der Waals surface area contributed by atoms with Gasteiger partial charge in [-0.1, -0.05) is 13.8 Å². The molecule has 0 bridgehead atoms. The molecule has 3 rings (SSSR count). The van der Waals surface area contributed by atoms with E-state index in [1.165, 1.54) is 0 Å².